The molecule has 1 N–H and O–H groups in total. The highest BCUT2D eigenvalue weighted by Gasteiger charge is 2.08. The highest BCUT2D eigenvalue weighted by molar-refractivity contribution is 9.28. The lowest BCUT2D eigenvalue weighted by molar-refractivity contribution is 0.178. The summed E-state index contributed by atoms with van der Waals surface area (Å²) in [5.74, 6) is 0. The van der Waals surface area contributed by atoms with Gasteiger partial charge in [0.15, 0.2) is 0 Å². The van der Waals surface area contributed by atoms with Crippen LogP contribution in [-0.4, -0.2) is 5.11 Å². The quantitative estimate of drug-likeness (QED) is 0.888. The van der Waals surface area contributed by atoms with Crippen molar-refractivity contribution in [2.75, 3.05) is 0 Å². The lowest BCUT2D eigenvalue weighted by atomic mass is 10.0. The van der Waals surface area contributed by atoms with Crippen molar-refractivity contribution >= 4 is 31.9 Å². The maximum Gasteiger partial charge on any atom is 0.0827 e. The van der Waals surface area contributed by atoms with Crippen molar-refractivity contribution in [2.24, 2.45) is 0 Å². The van der Waals surface area contributed by atoms with Crippen molar-refractivity contribution in [3.05, 3.63) is 44.9 Å². The van der Waals surface area contributed by atoms with Crippen LogP contribution in [0, 0.1) is 0 Å². The summed E-state index contributed by atoms with van der Waals surface area (Å²) in [6, 6.07) is 9.67. The molecule has 1 unspecified atom stereocenters. The van der Waals surface area contributed by atoms with Gasteiger partial charge in [-0.25, -0.2) is 0 Å². The molecule has 0 fully saturated rings. The molecule has 1 atom stereocenters. The van der Waals surface area contributed by atoms with Gasteiger partial charge in [-0.1, -0.05) is 30.3 Å². The molecule has 0 radical (unpaired) electrons. The van der Waals surface area contributed by atoms with Crippen molar-refractivity contribution in [1.82, 2.24) is 0 Å². The normalized spacial score (nSPS) is 12.3. The van der Waals surface area contributed by atoms with E-state index in [-0.39, 0.29) is 0 Å². The molecule has 1 aromatic rings. The van der Waals surface area contributed by atoms with Crippen LogP contribution >= 0.6 is 31.9 Å². The Bertz CT molecular complexity index is 315. The summed E-state index contributed by atoms with van der Waals surface area (Å²) in [7, 11) is 0. The van der Waals surface area contributed by atoms with Crippen LogP contribution in [-0.2, 0) is 0 Å². The molecule has 0 saturated carbocycles. The fraction of sp³-hybridized carbons (Fsp3) is 0.273. The SMILES string of the molecule is CC(CC(O)c1ccccc1)=C(Br)Br. The van der Waals surface area contributed by atoms with Crippen LogP contribution in [0.1, 0.15) is 25.0 Å². The van der Waals surface area contributed by atoms with Gasteiger partial charge in [0, 0.05) is 6.42 Å². The summed E-state index contributed by atoms with van der Waals surface area (Å²) < 4.78 is 0.917. The van der Waals surface area contributed by atoms with Crippen LogP contribution in [0.25, 0.3) is 0 Å². The van der Waals surface area contributed by atoms with E-state index in [2.05, 4.69) is 31.9 Å². The standard InChI is InChI=1S/C11H12Br2O/c1-8(11(12)13)7-10(14)9-5-3-2-4-6-9/h2-6,10,14H,7H2,1H3. The Kier molecular flexibility index (Phi) is 4.85. The smallest absolute Gasteiger partial charge is 0.0827 e. The molecule has 0 aliphatic carbocycles. The first-order valence-electron chi connectivity index (χ1n) is 4.35. The van der Waals surface area contributed by atoms with E-state index in [9.17, 15) is 5.11 Å². The maximum absolute atomic E-state index is 9.86. The Morgan fingerprint density at radius 3 is 2.36 bits per heavy atom. The number of aliphatic hydroxyl groups excluding tert-OH is 1. The van der Waals surface area contributed by atoms with Crippen molar-refractivity contribution in [1.29, 1.82) is 0 Å². The average Bonchev–Trinajstić information content (AvgIpc) is 2.19. The molecule has 0 heterocycles. The molecule has 0 bridgehead atoms. The van der Waals surface area contributed by atoms with Gasteiger partial charge >= 0.3 is 0 Å². The summed E-state index contributed by atoms with van der Waals surface area (Å²) in [5, 5.41) is 9.86. The minimum Gasteiger partial charge on any atom is -0.388 e. The summed E-state index contributed by atoms with van der Waals surface area (Å²) in [6.45, 7) is 1.98. The van der Waals surface area contributed by atoms with Crippen LogP contribution in [0.4, 0.5) is 0 Å². The van der Waals surface area contributed by atoms with Crippen LogP contribution < -0.4 is 0 Å². The Morgan fingerprint density at radius 2 is 1.86 bits per heavy atom. The van der Waals surface area contributed by atoms with E-state index in [1.165, 1.54) is 0 Å². The number of benzene rings is 1. The number of hydrogen-bond acceptors (Lipinski definition) is 1. The van der Waals surface area contributed by atoms with E-state index in [0.717, 1.165) is 14.5 Å². The molecule has 0 aliphatic heterocycles. The second-order valence-corrected chi connectivity index (χ2v) is 5.82. The predicted octanol–water partition coefficient (Wildman–Crippen LogP) is 4.13. The first-order chi connectivity index (χ1) is 6.61. The van der Waals surface area contributed by atoms with Gasteiger partial charge in [0.05, 0.1) is 9.50 Å². The highest BCUT2D eigenvalue weighted by Crippen LogP contribution is 2.27. The molecule has 1 nitrogen and oxygen atoms in total. The maximum atomic E-state index is 9.86. The first kappa shape index (κ1) is 12.0. The van der Waals surface area contributed by atoms with Crippen molar-refractivity contribution < 1.29 is 5.11 Å². The Hall–Kier alpha value is -0.120. The van der Waals surface area contributed by atoms with Crippen LogP contribution in [0.2, 0.25) is 0 Å². The topological polar surface area (TPSA) is 20.2 Å². The van der Waals surface area contributed by atoms with Gasteiger partial charge in [0.1, 0.15) is 0 Å². The Balaban J connectivity index is 2.69. The second kappa shape index (κ2) is 5.69. The van der Waals surface area contributed by atoms with E-state index < -0.39 is 6.10 Å². The zero-order valence-electron chi connectivity index (χ0n) is 7.87. The predicted molar refractivity (Wildman–Crippen MR) is 66.6 cm³/mol. The van der Waals surface area contributed by atoms with Gasteiger partial charge in [-0.2, -0.15) is 0 Å². The zero-order chi connectivity index (χ0) is 10.6. The fourth-order valence-electron chi connectivity index (χ4n) is 1.16. The van der Waals surface area contributed by atoms with Crippen LogP contribution in [0.3, 0.4) is 0 Å². The Morgan fingerprint density at radius 1 is 1.29 bits per heavy atom. The number of aliphatic hydroxyl groups is 1. The van der Waals surface area contributed by atoms with E-state index >= 15 is 0 Å². The number of halogens is 2. The molecule has 0 aromatic heterocycles. The van der Waals surface area contributed by atoms with Gasteiger partial charge in [-0.05, 0) is 49.9 Å². The van der Waals surface area contributed by atoms with Crippen LogP contribution in [0.15, 0.2) is 39.3 Å². The van der Waals surface area contributed by atoms with Crippen molar-refractivity contribution in [3.8, 4) is 0 Å². The molecule has 0 aliphatic rings. The van der Waals surface area contributed by atoms with Crippen LogP contribution in [0.5, 0.6) is 0 Å². The molecule has 14 heavy (non-hydrogen) atoms. The van der Waals surface area contributed by atoms with Crippen molar-refractivity contribution in [2.45, 2.75) is 19.4 Å². The van der Waals surface area contributed by atoms with E-state index in [1.54, 1.807) is 0 Å². The molecule has 0 saturated heterocycles. The average molecular weight is 320 g/mol. The first-order valence-corrected chi connectivity index (χ1v) is 5.93. The molecule has 1 aromatic carbocycles. The van der Waals surface area contributed by atoms with Gasteiger partial charge < -0.3 is 5.11 Å². The zero-order valence-corrected chi connectivity index (χ0v) is 11.0. The molecule has 0 amide bonds. The third-order valence-electron chi connectivity index (χ3n) is 2.01. The van der Waals surface area contributed by atoms with Gasteiger partial charge in [0.2, 0.25) is 0 Å². The summed E-state index contributed by atoms with van der Waals surface area (Å²) >= 11 is 6.65. The third-order valence-corrected chi connectivity index (χ3v) is 3.36. The minimum absolute atomic E-state index is 0.429. The van der Waals surface area contributed by atoms with E-state index in [1.807, 2.05) is 37.3 Å². The lowest BCUT2D eigenvalue weighted by Crippen LogP contribution is -1.97. The fourth-order valence-corrected chi connectivity index (χ4v) is 1.48. The van der Waals surface area contributed by atoms with E-state index in [0.29, 0.717) is 6.42 Å². The largest absolute Gasteiger partial charge is 0.388 e. The number of hydrogen-bond donors (Lipinski definition) is 1. The highest BCUT2D eigenvalue weighted by atomic mass is 79.9. The van der Waals surface area contributed by atoms with Gasteiger partial charge in [0.25, 0.3) is 0 Å². The molecule has 0 spiro atoms. The molecular formula is C11H12Br2O. The molecule has 3 heteroatoms. The summed E-state index contributed by atoms with van der Waals surface area (Å²) in [4.78, 5) is 0. The van der Waals surface area contributed by atoms with E-state index in [4.69, 9.17) is 0 Å². The lowest BCUT2D eigenvalue weighted by Gasteiger charge is -2.11. The number of rotatable bonds is 3. The molecule has 76 valence electrons. The summed E-state index contributed by atoms with van der Waals surface area (Å²) in [5.41, 5.74) is 2.05. The van der Waals surface area contributed by atoms with Gasteiger partial charge in [-0.3, -0.25) is 0 Å². The second-order valence-electron chi connectivity index (χ2n) is 3.17. The molecular weight excluding hydrogens is 308 g/mol. The Labute approximate surface area is 101 Å². The monoisotopic (exact) mass is 318 g/mol. The van der Waals surface area contributed by atoms with Crippen molar-refractivity contribution in [3.63, 3.8) is 0 Å². The summed E-state index contributed by atoms with van der Waals surface area (Å²) in [6.07, 6.45) is 0.205. The minimum atomic E-state index is -0.429. The molecule has 1 rings (SSSR count). The third kappa shape index (κ3) is 3.56. The van der Waals surface area contributed by atoms with Gasteiger partial charge in [-0.15, -0.1) is 0 Å².